The van der Waals surface area contributed by atoms with E-state index >= 15 is 0 Å². The molecule has 2 heterocycles. The predicted molar refractivity (Wildman–Crippen MR) is 122 cm³/mol. The summed E-state index contributed by atoms with van der Waals surface area (Å²) in [5.41, 5.74) is 9.52. The third-order valence-corrected chi connectivity index (χ3v) is 5.66. The molecule has 1 aromatic carbocycles. The number of benzene rings is 1. The van der Waals surface area contributed by atoms with E-state index in [2.05, 4.69) is 40.4 Å². The molecule has 160 valence electrons. The van der Waals surface area contributed by atoms with Crippen LogP contribution in [-0.2, 0) is 16.8 Å². The number of hydrogen-bond donors (Lipinski definition) is 2. The topological polar surface area (TPSA) is 98.7 Å². The number of carbonyl (C=O) groups excluding carboxylic acids is 1. The zero-order valence-electron chi connectivity index (χ0n) is 18.2. The number of allylic oxidation sites excluding steroid dienone is 4. The fourth-order valence-corrected chi connectivity index (χ4v) is 3.85. The Kier molecular flexibility index (Phi) is 5.59. The zero-order valence-corrected chi connectivity index (χ0v) is 18.2. The smallest absolute Gasteiger partial charge is 0.224 e. The Bertz CT molecular complexity index is 1160. The Labute approximate surface area is 182 Å². The summed E-state index contributed by atoms with van der Waals surface area (Å²) >= 11 is 0. The first kappa shape index (κ1) is 20.8. The highest BCUT2D eigenvalue weighted by Crippen LogP contribution is 2.34. The lowest BCUT2D eigenvalue weighted by molar-refractivity contribution is -0.120. The number of nitrogen functional groups attached to an aromatic ring is 1. The van der Waals surface area contributed by atoms with E-state index in [0.717, 1.165) is 23.1 Å². The van der Waals surface area contributed by atoms with Crippen LogP contribution in [0.25, 0.3) is 11.0 Å². The number of nitrogens with zero attached hydrogens (tertiary/aromatic N) is 4. The van der Waals surface area contributed by atoms with Gasteiger partial charge in [-0.05, 0) is 32.8 Å². The van der Waals surface area contributed by atoms with Gasteiger partial charge >= 0.3 is 0 Å². The molecular formula is C24H28N6O. The second-order valence-electron chi connectivity index (χ2n) is 8.66. The van der Waals surface area contributed by atoms with E-state index in [-0.39, 0.29) is 11.8 Å². The third-order valence-electron chi connectivity index (χ3n) is 5.66. The van der Waals surface area contributed by atoms with Crippen LogP contribution in [0.2, 0.25) is 0 Å². The number of aromatic nitrogens is 4. The Morgan fingerprint density at radius 2 is 2.03 bits per heavy atom. The first-order valence-electron chi connectivity index (χ1n) is 10.5. The molecule has 31 heavy (non-hydrogen) atoms. The molecule has 0 bridgehead atoms. The van der Waals surface area contributed by atoms with Crippen LogP contribution >= 0.6 is 0 Å². The summed E-state index contributed by atoms with van der Waals surface area (Å²) in [5, 5.41) is 8.77. The molecule has 7 heteroatoms. The van der Waals surface area contributed by atoms with Gasteiger partial charge in [-0.1, -0.05) is 54.1 Å². The Balaban J connectivity index is 1.60. The average Bonchev–Trinajstić information content (AvgIpc) is 3.16. The SMILES string of the molecule is CC1=CCC(c2nn(C(C)(C)CNC(=O)Cc3ccccc3)c3ncnc(N)c23)C=C1. The quantitative estimate of drug-likeness (QED) is 0.641. The van der Waals surface area contributed by atoms with Crippen LogP contribution in [0.5, 0.6) is 0 Å². The van der Waals surface area contributed by atoms with Crippen molar-refractivity contribution in [1.82, 2.24) is 25.1 Å². The Hall–Kier alpha value is -3.48. The van der Waals surface area contributed by atoms with Crippen LogP contribution < -0.4 is 11.1 Å². The summed E-state index contributed by atoms with van der Waals surface area (Å²) in [6.07, 6.45) is 9.12. The predicted octanol–water partition coefficient (Wildman–Crippen LogP) is 3.49. The number of rotatable bonds is 6. The van der Waals surface area contributed by atoms with E-state index in [0.29, 0.717) is 24.4 Å². The minimum Gasteiger partial charge on any atom is -0.383 e. The van der Waals surface area contributed by atoms with Crippen molar-refractivity contribution in [2.45, 2.75) is 45.1 Å². The summed E-state index contributed by atoms with van der Waals surface area (Å²) in [7, 11) is 0. The number of fused-ring (bicyclic) bond motifs is 1. The molecule has 0 saturated carbocycles. The summed E-state index contributed by atoms with van der Waals surface area (Å²) in [5.74, 6) is 0.514. The molecule has 1 aliphatic carbocycles. The van der Waals surface area contributed by atoms with E-state index in [1.807, 2.05) is 48.9 Å². The molecule has 0 fully saturated rings. The second-order valence-corrected chi connectivity index (χ2v) is 8.66. The van der Waals surface area contributed by atoms with Gasteiger partial charge in [0.05, 0.1) is 23.0 Å². The maximum absolute atomic E-state index is 12.5. The van der Waals surface area contributed by atoms with Gasteiger partial charge in [0.25, 0.3) is 0 Å². The van der Waals surface area contributed by atoms with E-state index in [1.54, 1.807) is 0 Å². The van der Waals surface area contributed by atoms with Gasteiger partial charge in [0.1, 0.15) is 12.1 Å². The molecule has 1 atom stereocenters. The van der Waals surface area contributed by atoms with Crippen LogP contribution in [0.1, 0.15) is 44.4 Å². The lowest BCUT2D eigenvalue weighted by Crippen LogP contribution is -2.42. The van der Waals surface area contributed by atoms with Crippen molar-refractivity contribution < 1.29 is 4.79 Å². The Morgan fingerprint density at radius 1 is 1.26 bits per heavy atom. The molecule has 1 amide bonds. The highest BCUT2D eigenvalue weighted by Gasteiger charge is 2.30. The molecule has 3 aromatic rings. The summed E-state index contributed by atoms with van der Waals surface area (Å²) in [4.78, 5) is 21.2. The van der Waals surface area contributed by atoms with Gasteiger partial charge in [-0.15, -0.1) is 0 Å². The molecule has 0 radical (unpaired) electrons. The minimum absolute atomic E-state index is 0.0269. The minimum atomic E-state index is -0.506. The van der Waals surface area contributed by atoms with Gasteiger partial charge in [0, 0.05) is 12.5 Å². The van der Waals surface area contributed by atoms with Crippen LogP contribution in [0.3, 0.4) is 0 Å². The van der Waals surface area contributed by atoms with Crippen molar-refractivity contribution in [2.75, 3.05) is 12.3 Å². The highest BCUT2D eigenvalue weighted by molar-refractivity contribution is 5.89. The van der Waals surface area contributed by atoms with Crippen molar-refractivity contribution in [3.05, 3.63) is 71.7 Å². The summed E-state index contributed by atoms with van der Waals surface area (Å²) in [6, 6.07) is 9.71. The van der Waals surface area contributed by atoms with Gasteiger partial charge in [0.2, 0.25) is 5.91 Å². The molecule has 2 aromatic heterocycles. The largest absolute Gasteiger partial charge is 0.383 e. The standard InChI is InChI=1S/C24H28N6O/c1-16-9-11-18(12-10-16)21-20-22(25)27-15-28-23(20)30(29-21)24(2,3)14-26-19(31)13-17-7-5-4-6-8-17/h4-11,15,18H,12-14H2,1-3H3,(H,26,31)(H2,25,27,28). The van der Waals surface area contributed by atoms with Gasteiger partial charge < -0.3 is 11.1 Å². The maximum atomic E-state index is 12.5. The average molecular weight is 417 g/mol. The van der Waals surface area contributed by atoms with E-state index < -0.39 is 5.54 Å². The van der Waals surface area contributed by atoms with Crippen molar-refractivity contribution in [3.63, 3.8) is 0 Å². The third kappa shape index (κ3) is 4.35. The number of amides is 1. The zero-order chi connectivity index (χ0) is 22.0. The lowest BCUT2D eigenvalue weighted by atomic mass is 9.93. The number of anilines is 1. The highest BCUT2D eigenvalue weighted by atomic mass is 16.1. The molecule has 0 spiro atoms. The molecule has 1 unspecified atom stereocenters. The van der Waals surface area contributed by atoms with Gasteiger partial charge in [0.15, 0.2) is 5.65 Å². The second kappa shape index (κ2) is 8.34. The number of nitrogens with one attached hydrogen (secondary N) is 1. The lowest BCUT2D eigenvalue weighted by Gasteiger charge is -2.26. The monoisotopic (exact) mass is 416 g/mol. The van der Waals surface area contributed by atoms with E-state index in [4.69, 9.17) is 10.8 Å². The number of nitrogens with two attached hydrogens (primary N) is 1. The van der Waals surface area contributed by atoms with E-state index in [1.165, 1.54) is 11.9 Å². The fraction of sp³-hybridized carbons (Fsp3) is 0.333. The van der Waals surface area contributed by atoms with E-state index in [9.17, 15) is 4.79 Å². The molecular weight excluding hydrogens is 388 g/mol. The van der Waals surface area contributed by atoms with Crippen LogP contribution in [-0.4, -0.2) is 32.2 Å². The summed E-state index contributed by atoms with van der Waals surface area (Å²) in [6.45, 7) is 6.57. The van der Waals surface area contributed by atoms with Gasteiger partial charge in [-0.3, -0.25) is 4.79 Å². The number of hydrogen-bond acceptors (Lipinski definition) is 5. The van der Waals surface area contributed by atoms with Crippen molar-refractivity contribution >= 4 is 22.8 Å². The normalized spacial score (nSPS) is 16.4. The molecule has 0 aliphatic heterocycles. The van der Waals surface area contributed by atoms with Crippen LogP contribution in [0, 0.1) is 0 Å². The summed E-state index contributed by atoms with van der Waals surface area (Å²) < 4.78 is 1.87. The molecule has 0 saturated heterocycles. The van der Waals surface area contributed by atoms with Crippen LogP contribution in [0.4, 0.5) is 5.82 Å². The van der Waals surface area contributed by atoms with Crippen molar-refractivity contribution in [3.8, 4) is 0 Å². The van der Waals surface area contributed by atoms with Gasteiger partial charge in [-0.25, -0.2) is 14.6 Å². The van der Waals surface area contributed by atoms with Crippen LogP contribution in [0.15, 0.2) is 60.5 Å². The first-order chi connectivity index (χ1) is 14.8. The maximum Gasteiger partial charge on any atom is 0.224 e. The van der Waals surface area contributed by atoms with Crippen molar-refractivity contribution in [1.29, 1.82) is 0 Å². The van der Waals surface area contributed by atoms with Gasteiger partial charge in [-0.2, -0.15) is 5.10 Å². The first-order valence-corrected chi connectivity index (χ1v) is 10.5. The molecule has 1 aliphatic rings. The molecule has 7 nitrogen and oxygen atoms in total. The molecule has 4 rings (SSSR count). The van der Waals surface area contributed by atoms with Crippen molar-refractivity contribution in [2.24, 2.45) is 0 Å². The molecule has 3 N–H and O–H groups in total. The fourth-order valence-electron chi connectivity index (χ4n) is 3.85. The Morgan fingerprint density at radius 3 is 2.74 bits per heavy atom. The number of carbonyl (C=O) groups is 1.